The smallest absolute Gasteiger partial charge is 0.280 e. The lowest BCUT2D eigenvalue weighted by atomic mass is 10.0. The van der Waals surface area contributed by atoms with E-state index in [0.717, 1.165) is 0 Å². The number of nitrogens with one attached hydrogen (secondary N) is 1. The highest BCUT2D eigenvalue weighted by atomic mass is 31.0. The van der Waals surface area contributed by atoms with Gasteiger partial charge in [0, 0.05) is 16.6 Å². The van der Waals surface area contributed by atoms with Gasteiger partial charge >= 0.3 is 0 Å². The van der Waals surface area contributed by atoms with Crippen LogP contribution in [-0.4, -0.2) is 56.7 Å². The summed E-state index contributed by atoms with van der Waals surface area (Å²) in [5, 5.41) is 9.53. The number of aromatic nitrogens is 4. The zero-order valence-electron chi connectivity index (χ0n) is 12.6. The first-order chi connectivity index (χ1) is 11.0. The lowest BCUT2D eigenvalue weighted by Gasteiger charge is -2.31. The molecule has 0 amide bonds. The number of methoxy groups -OCH3 is 1. The number of aliphatic hydroxyl groups excluding tert-OH is 1. The monoisotopic (exact) mass is 343 g/mol. The van der Waals surface area contributed by atoms with E-state index in [-0.39, 0.29) is 23.7 Å². The van der Waals surface area contributed by atoms with Crippen molar-refractivity contribution in [1.29, 1.82) is 0 Å². The Hall–Kier alpha value is -1.58. The summed E-state index contributed by atoms with van der Waals surface area (Å²) in [6.07, 6.45) is -0.286. The lowest BCUT2D eigenvalue weighted by Crippen LogP contribution is -2.44. The predicted octanol–water partition coefficient (Wildman–Crippen LogP) is -1.04. The molecular formula is C12H18N5O5P. The number of hydrogen-bond donors (Lipinski definition) is 3. The molecule has 10 nitrogen and oxygen atoms in total. The van der Waals surface area contributed by atoms with Crippen molar-refractivity contribution in [1.82, 2.24) is 19.5 Å². The summed E-state index contributed by atoms with van der Waals surface area (Å²) in [4.78, 5) is 22.5. The fourth-order valence-electron chi connectivity index (χ4n) is 3.04. The second-order valence-electron chi connectivity index (χ2n) is 5.39. The van der Waals surface area contributed by atoms with E-state index in [2.05, 4.69) is 24.4 Å². The van der Waals surface area contributed by atoms with Gasteiger partial charge in [-0.25, -0.2) is 4.98 Å². The summed E-state index contributed by atoms with van der Waals surface area (Å²) in [5.41, 5.74) is 4.48. The highest BCUT2D eigenvalue weighted by Crippen LogP contribution is 2.40. The SMILES string of the molecule is COC1C(OP)C(CO)OC1(C)n1cnc2c(=O)[nH]c(N)nc21. The molecular weight excluding hydrogens is 325 g/mol. The van der Waals surface area contributed by atoms with E-state index in [0.29, 0.717) is 0 Å². The molecule has 1 aliphatic heterocycles. The molecule has 0 spiro atoms. The number of ether oxygens (including phenoxy) is 2. The Kier molecular flexibility index (Phi) is 4.11. The second-order valence-corrected chi connectivity index (χ2v) is 5.66. The molecule has 0 radical (unpaired) electrons. The molecule has 0 saturated carbocycles. The van der Waals surface area contributed by atoms with Gasteiger partial charge in [0.2, 0.25) is 5.95 Å². The van der Waals surface area contributed by atoms with Gasteiger partial charge in [0.15, 0.2) is 16.9 Å². The standard InChI is InChI=1S/C12H18N5O5P/c1-12(8(20-2)7(22-23)5(3-18)21-12)17-4-14-6-9(17)15-11(13)16-10(6)19/h4-5,7-8,18H,3,23H2,1-2H3,(H3,13,15,16,19). The first-order valence-corrected chi connectivity index (χ1v) is 7.33. The Morgan fingerprint density at radius 2 is 2.39 bits per heavy atom. The summed E-state index contributed by atoms with van der Waals surface area (Å²) in [6.45, 7) is 1.49. The Labute approximate surface area is 133 Å². The van der Waals surface area contributed by atoms with Crippen molar-refractivity contribution in [3.63, 3.8) is 0 Å². The van der Waals surface area contributed by atoms with Crippen LogP contribution < -0.4 is 11.3 Å². The average Bonchev–Trinajstić information content (AvgIpc) is 3.06. The van der Waals surface area contributed by atoms with Crippen molar-refractivity contribution in [2.45, 2.75) is 31.0 Å². The van der Waals surface area contributed by atoms with Crippen LogP contribution in [0.2, 0.25) is 0 Å². The number of aromatic amines is 1. The largest absolute Gasteiger partial charge is 0.394 e. The summed E-state index contributed by atoms with van der Waals surface area (Å²) in [5.74, 6) is -0.0302. The third-order valence-corrected chi connectivity index (χ3v) is 4.39. The van der Waals surface area contributed by atoms with Crippen molar-refractivity contribution in [3.8, 4) is 0 Å². The van der Waals surface area contributed by atoms with E-state index < -0.39 is 29.6 Å². The van der Waals surface area contributed by atoms with E-state index in [4.69, 9.17) is 19.7 Å². The van der Waals surface area contributed by atoms with Crippen molar-refractivity contribution in [2.24, 2.45) is 0 Å². The molecule has 0 bridgehead atoms. The number of fused-ring (bicyclic) bond motifs is 1. The van der Waals surface area contributed by atoms with Crippen LogP contribution in [0.15, 0.2) is 11.1 Å². The van der Waals surface area contributed by atoms with Crippen LogP contribution >= 0.6 is 9.47 Å². The third-order valence-electron chi connectivity index (χ3n) is 4.08. The summed E-state index contributed by atoms with van der Waals surface area (Å²) < 4.78 is 18.4. The van der Waals surface area contributed by atoms with Gasteiger partial charge in [-0.15, -0.1) is 0 Å². The van der Waals surface area contributed by atoms with Crippen LogP contribution in [0.3, 0.4) is 0 Å². The average molecular weight is 343 g/mol. The maximum atomic E-state index is 11.9. The normalized spacial score (nSPS) is 31.0. The summed E-state index contributed by atoms with van der Waals surface area (Å²) in [7, 11) is 3.66. The van der Waals surface area contributed by atoms with E-state index in [1.54, 1.807) is 11.5 Å². The van der Waals surface area contributed by atoms with Crippen molar-refractivity contribution in [3.05, 3.63) is 16.7 Å². The van der Waals surface area contributed by atoms with E-state index in [9.17, 15) is 9.90 Å². The number of nitrogens with two attached hydrogens (primary N) is 1. The highest BCUT2D eigenvalue weighted by molar-refractivity contribution is 7.09. The molecule has 11 heteroatoms. The molecule has 5 atom stereocenters. The molecule has 2 aromatic rings. The summed E-state index contributed by atoms with van der Waals surface area (Å²) in [6, 6.07) is 0. The lowest BCUT2D eigenvalue weighted by molar-refractivity contribution is -0.140. The van der Waals surface area contributed by atoms with Crippen LogP contribution in [0.1, 0.15) is 6.92 Å². The van der Waals surface area contributed by atoms with E-state index >= 15 is 0 Å². The zero-order valence-corrected chi connectivity index (χ0v) is 13.7. The third kappa shape index (κ3) is 2.34. The van der Waals surface area contributed by atoms with Gasteiger partial charge in [-0.05, 0) is 6.92 Å². The first kappa shape index (κ1) is 16.3. The number of aliphatic hydroxyl groups is 1. The fraction of sp³-hybridized carbons (Fsp3) is 0.583. The molecule has 126 valence electrons. The topological polar surface area (TPSA) is 138 Å². The minimum absolute atomic E-state index is 0.0302. The first-order valence-electron chi connectivity index (χ1n) is 6.86. The molecule has 2 aromatic heterocycles. The van der Waals surface area contributed by atoms with Gasteiger partial charge in [0.1, 0.15) is 18.3 Å². The minimum Gasteiger partial charge on any atom is -0.394 e. The van der Waals surface area contributed by atoms with Gasteiger partial charge in [-0.3, -0.25) is 14.3 Å². The number of nitrogens with zero attached hydrogens (tertiary/aromatic N) is 3. The molecule has 1 fully saturated rings. The Balaban J connectivity index is 2.18. The maximum absolute atomic E-state index is 11.9. The molecule has 4 N–H and O–H groups in total. The zero-order chi connectivity index (χ0) is 16.8. The number of hydrogen-bond acceptors (Lipinski definition) is 8. The van der Waals surface area contributed by atoms with Gasteiger partial charge < -0.3 is 24.8 Å². The van der Waals surface area contributed by atoms with Crippen LogP contribution in [0, 0.1) is 0 Å². The molecule has 5 unspecified atom stereocenters. The molecule has 23 heavy (non-hydrogen) atoms. The predicted molar refractivity (Wildman–Crippen MR) is 83.5 cm³/mol. The van der Waals surface area contributed by atoms with Crippen molar-refractivity contribution < 1.29 is 19.1 Å². The number of nitrogen functional groups attached to an aromatic ring is 1. The van der Waals surface area contributed by atoms with E-state index in [1.807, 2.05) is 0 Å². The van der Waals surface area contributed by atoms with Crippen LogP contribution in [0.4, 0.5) is 5.95 Å². The van der Waals surface area contributed by atoms with Gasteiger partial charge in [-0.2, -0.15) is 4.98 Å². The minimum atomic E-state index is -1.09. The van der Waals surface area contributed by atoms with Gasteiger partial charge in [0.05, 0.1) is 12.9 Å². The maximum Gasteiger partial charge on any atom is 0.280 e. The van der Waals surface area contributed by atoms with Gasteiger partial charge in [0.25, 0.3) is 5.56 Å². The number of imidazole rings is 1. The number of rotatable bonds is 4. The van der Waals surface area contributed by atoms with Crippen LogP contribution in [-0.2, 0) is 19.7 Å². The Morgan fingerprint density at radius 3 is 3.00 bits per heavy atom. The second kappa shape index (κ2) is 5.81. The fourth-order valence-corrected chi connectivity index (χ4v) is 3.36. The Bertz CT molecular complexity index is 779. The molecule has 3 rings (SSSR count). The summed E-state index contributed by atoms with van der Waals surface area (Å²) >= 11 is 0. The number of H-pyrrole nitrogens is 1. The van der Waals surface area contributed by atoms with Crippen molar-refractivity contribution in [2.75, 3.05) is 19.5 Å². The quantitative estimate of drug-likeness (QED) is 0.598. The Morgan fingerprint density at radius 1 is 1.65 bits per heavy atom. The molecule has 1 saturated heterocycles. The molecule has 1 aliphatic rings. The highest BCUT2D eigenvalue weighted by Gasteiger charge is 2.55. The van der Waals surface area contributed by atoms with Crippen LogP contribution in [0.5, 0.6) is 0 Å². The number of anilines is 1. The van der Waals surface area contributed by atoms with E-state index in [1.165, 1.54) is 13.4 Å². The van der Waals surface area contributed by atoms with Crippen molar-refractivity contribution >= 4 is 26.6 Å². The van der Waals surface area contributed by atoms with Gasteiger partial charge in [-0.1, -0.05) is 0 Å². The molecule has 0 aliphatic carbocycles. The van der Waals surface area contributed by atoms with Crippen LogP contribution in [0.25, 0.3) is 11.2 Å². The molecule has 3 heterocycles. The molecule has 0 aromatic carbocycles.